The Bertz CT molecular complexity index is 118. The van der Waals surface area contributed by atoms with Gasteiger partial charge in [0.2, 0.25) is 5.91 Å². The minimum Gasteiger partial charge on any atom is -0.359 e. The van der Waals surface area contributed by atoms with E-state index in [1.165, 1.54) is 11.8 Å². The third-order valence-electron chi connectivity index (χ3n) is 1.31. The second-order valence-corrected chi connectivity index (χ2v) is 2.13. The largest absolute Gasteiger partial charge is 0.359 e. The summed E-state index contributed by atoms with van der Waals surface area (Å²) >= 11 is 0. The summed E-state index contributed by atoms with van der Waals surface area (Å²) in [5.41, 5.74) is 0. The van der Waals surface area contributed by atoms with E-state index in [9.17, 15) is 4.79 Å². The van der Waals surface area contributed by atoms with Gasteiger partial charge in [-0.3, -0.25) is 9.69 Å². The van der Waals surface area contributed by atoms with Gasteiger partial charge in [0.15, 0.2) is 0 Å². The van der Waals surface area contributed by atoms with Crippen LogP contribution < -0.4 is 0 Å². The second-order valence-electron chi connectivity index (χ2n) is 2.13. The minimum absolute atomic E-state index is 0.0121. The van der Waals surface area contributed by atoms with Crippen LogP contribution in [0.5, 0.6) is 0 Å². The predicted molar refractivity (Wildman–Crippen MR) is 34.2 cm³/mol. The molecule has 0 spiro atoms. The highest BCUT2D eigenvalue weighted by molar-refractivity contribution is 5.72. The average Bonchev–Trinajstić information content (AvgIpc) is 2.12. The molecule has 0 atom stereocenters. The maximum atomic E-state index is 10.7. The molecule has 1 aliphatic heterocycles. The van der Waals surface area contributed by atoms with E-state index in [0.29, 0.717) is 26.7 Å². The maximum absolute atomic E-state index is 10.7. The van der Waals surface area contributed by atoms with Crippen LogP contribution in [0.15, 0.2) is 0 Å². The summed E-state index contributed by atoms with van der Waals surface area (Å²) in [5, 5.41) is 0. The molecule has 1 saturated heterocycles. The molecule has 0 saturated carbocycles. The van der Waals surface area contributed by atoms with E-state index < -0.39 is 0 Å². The van der Waals surface area contributed by atoms with Crippen LogP contribution >= 0.6 is 0 Å². The van der Waals surface area contributed by atoms with Crippen molar-refractivity contribution in [3.8, 4) is 0 Å². The van der Waals surface area contributed by atoms with Crippen LogP contribution in [-0.2, 0) is 14.3 Å². The van der Waals surface area contributed by atoms with Crippen LogP contribution in [0.1, 0.15) is 6.92 Å². The summed E-state index contributed by atoms with van der Waals surface area (Å²) in [6.45, 7) is 3.36. The first-order chi connectivity index (χ1) is 4.80. The lowest BCUT2D eigenvalue weighted by molar-refractivity contribution is -0.136. The van der Waals surface area contributed by atoms with Gasteiger partial charge in [0.05, 0.1) is 13.2 Å². The Kier molecular flexibility index (Phi) is 2.65. The number of nitrogens with zero attached hydrogens (tertiary/aromatic N) is 1. The van der Waals surface area contributed by atoms with E-state index in [0.717, 1.165) is 0 Å². The highest BCUT2D eigenvalue weighted by atomic mass is 16.6. The van der Waals surface area contributed by atoms with Crippen molar-refractivity contribution in [2.45, 2.75) is 6.92 Å². The van der Waals surface area contributed by atoms with E-state index in [2.05, 4.69) is 0 Å². The molecule has 58 valence electrons. The fraction of sp³-hybridized carbons (Fsp3) is 0.833. The van der Waals surface area contributed by atoms with Gasteiger partial charge in [0, 0.05) is 6.92 Å². The van der Waals surface area contributed by atoms with Crippen molar-refractivity contribution in [2.75, 3.05) is 26.7 Å². The molecule has 1 aliphatic rings. The normalized spacial score (nSPS) is 20.3. The summed E-state index contributed by atoms with van der Waals surface area (Å²) in [5.74, 6) is -0.0121. The van der Waals surface area contributed by atoms with Crippen molar-refractivity contribution in [3.05, 3.63) is 0 Å². The molecular formula is C6H11NO3. The van der Waals surface area contributed by atoms with E-state index in [1.54, 1.807) is 0 Å². The highest BCUT2D eigenvalue weighted by Crippen LogP contribution is 1.95. The predicted octanol–water partition coefficient (Wildman–Crippen LogP) is -0.203. The molecule has 4 nitrogen and oxygen atoms in total. The number of hydrogen-bond donors (Lipinski definition) is 0. The first kappa shape index (κ1) is 7.50. The van der Waals surface area contributed by atoms with Gasteiger partial charge in [-0.2, -0.15) is 0 Å². The van der Waals surface area contributed by atoms with Crippen molar-refractivity contribution in [1.82, 2.24) is 4.90 Å². The molecule has 4 heteroatoms. The van der Waals surface area contributed by atoms with Gasteiger partial charge in [-0.1, -0.05) is 0 Å². The molecule has 0 aromatic rings. The van der Waals surface area contributed by atoms with Crippen molar-refractivity contribution >= 4 is 5.91 Å². The lowest BCUT2D eigenvalue weighted by Gasteiger charge is -2.15. The van der Waals surface area contributed by atoms with Crippen LogP contribution in [-0.4, -0.2) is 37.5 Å². The fourth-order valence-corrected chi connectivity index (χ4v) is 0.686. The summed E-state index contributed by atoms with van der Waals surface area (Å²) in [6.07, 6.45) is 0. The van der Waals surface area contributed by atoms with Crippen LogP contribution in [0.3, 0.4) is 0 Å². The van der Waals surface area contributed by atoms with Gasteiger partial charge in [0.25, 0.3) is 0 Å². The molecule has 0 radical (unpaired) electrons. The van der Waals surface area contributed by atoms with Gasteiger partial charge in [0.1, 0.15) is 13.5 Å². The lowest BCUT2D eigenvalue weighted by atomic mass is 10.6. The Morgan fingerprint density at radius 3 is 2.20 bits per heavy atom. The van der Waals surface area contributed by atoms with Crippen molar-refractivity contribution < 1.29 is 14.3 Å². The van der Waals surface area contributed by atoms with Crippen molar-refractivity contribution in [1.29, 1.82) is 0 Å². The maximum Gasteiger partial charge on any atom is 0.223 e. The molecule has 10 heavy (non-hydrogen) atoms. The lowest BCUT2D eigenvalue weighted by Crippen LogP contribution is -2.30. The monoisotopic (exact) mass is 145 g/mol. The molecule has 0 unspecified atom stereocenters. The van der Waals surface area contributed by atoms with E-state index >= 15 is 0 Å². The molecule has 0 aromatic carbocycles. The Hall–Kier alpha value is -0.610. The molecule has 1 fully saturated rings. The zero-order valence-corrected chi connectivity index (χ0v) is 6.00. The topological polar surface area (TPSA) is 38.8 Å². The average molecular weight is 145 g/mol. The summed E-state index contributed by atoms with van der Waals surface area (Å²) in [4.78, 5) is 12.2. The third kappa shape index (κ3) is 1.97. The smallest absolute Gasteiger partial charge is 0.223 e. The zero-order chi connectivity index (χ0) is 7.40. The molecular weight excluding hydrogens is 134 g/mol. The number of rotatable bonds is 0. The van der Waals surface area contributed by atoms with E-state index in [-0.39, 0.29) is 5.91 Å². The van der Waals surface area contributed by atoms with E-state index in [4.69, 9.17) is 9.47 Å². The van der Waals surface area contributed by atoms with Gasteiger partial charge in [-0.15, -0.1) is 0 Å². The van der Waals surface area contributed by atoms with E-state index in [1.807, 2.05) is 0 Å². The number of hydrogen-bond acceptors (Lipinski definition) is 3. The van der Waals surface area contributed by atoms with Gasteiger partial charge in [-0.25, -0.2) is 0 Å². The minimum atomic E-state index is -0.0121. The molecule has 1 heterocycles. The Labute approximate surface area is 59.7 Å². The number of carbonyl (C=O) groups excluding carboxylic acids is 1. The van der Waals surface area contributed by atoms with Crippen LogP contribution in [0.4, 0.5) is 0 Å². The zero-order valence-electron chi connectivity index (χ0n) is 6.00. The fourth-order valence-electron chi connectivity index (χ4n) is 0.686. The van der Waals surface area contributed by atoms with Crippen molar-refractivity contribution in [2.24, 2.45) is 0 Å². The Morgan fingerprint density at radius 2 is 1.80 bits per heavy atom. The number of ether oxygens (including phenoxy) is 2. The highest BCUT2D eigenvalue weighted by Gasteiger charge is 2.10. The van der Waals surface area contributed by atoms with Gasteiger partial charge >= 0.3 is 0 Å². The molecule has 0 aliphatic carbocycles. The molecule has 1 rings (SSSR count). The standard InChI is InChI=1S/C6H11NO3/c1-6(8)7-4-9-2-3-10-5-7/h2-5H2,1H3. The van der Waals surface area contributed by atoms with Crippen LogP contribution in [0.2, 0.25) is 0 Å². The third-order valence-corrected chi connectivity index (χ3v) is 1.31. The quantitative estimate of drug-likeness (QED) is 0.473. The summed E-state index contributed by atoms with van der Waals surface area (Å²) in [6, 6.07) is 0. The number of amides is 1. The summed E-state index contributed by atoms with van der Waals surface area (Å²) in [7, 11) is 0. The Balaban J connectivity index is 2.35. The molecule has 0 aromatic heterocycles. The van der Waals surface area contributed by atoms with Gasteiger partial charge in [-0.05, 0) is 0 Å². The van der Waals surface area contributed by atoms with Crippen LogP contribution in [0.25, 0.3) is 0 Å². The van der Waals surface area contributed by atoms with Crippen molar-refractivity contribution in [3.63, 3.8) is 0 Å². The molecule has 1 amide bonds. The second kappa shape index (κ2) is 3.53. The number of carbonyl (C=O) groups is 1. The first-order valence-corrected chi connectivity index (χ1v) is 3.21. The van der Waals surface area contributed by atoms with Gasteiger partial charge < -0.3 is 9.47 Å². The molecule has 0 N–H and O–H groups in total. The SMILES string of the molecule is CC(=O)N1COCCOC1. The molecule has 0 bridgehead atoms. The van der Waals surface area contributed by atoms with Crippen LogP contribution in [0, 0.1) is 0 Å². The summed E-state index contributed by atoms with van der Waals surface area (Å²) < 4.78 is 10.1. The Morgan fingerprint density at radius 1 is 1.30 bits per heavy atom. The first-order valence-electron chi connectivity index (χ1n) is 3.21.